The predicted octanol–water partition coefficient (Wildman–Crippen LogP) is 5.02. The number of carbonyl (C=O) groups excluding carboxylic acids is 3. The topological polar surface area (TPSA) is 96.4 Å². The molecule has 0 aromatic heterocycles. The highest BCUT2D eigenvalue weighted by Gasteiger charge is 2.77. The Morgan fingerprint density at radius 2 is 1.95 bits per heavy atom. The Balaban J connectivity index is 1.58. The lowest BCUT2D eigenvalue weighted by molar-refractivity contribution is -0.155. The van der Waals surface area contributed by atoms with E-state index in [-0.39, 0.29) is 42.3 Å². The van der Waals surface area contributed by atoms with E-state index in [9.17, 15) is 19.5 Å². The number of benzene rings is 2. The fourth-order valence-electron chi connectivity index (χ4n) is 7.27. The van der Waals surface area contributed by atoms with Crippen molar-refractivity contribution in [2.45, 2.75) is 68.1 Å². The van der Waals surface area contributed by atoms with Crippen LogP contribution in [0.15, 0.2) is 67.8 Å². The van der Waals surface area contributed by atoms with E-state index in [2.05, 4.69) is 29.1 Å². The van der Waals surface area contributed by atoms with Crippen LogP contribution in [0.2, 0.25) is 0 Å². The average Bonchev–Trinajstić information content (AvgIpc) is 3.59. The summed E-state index contributed by atoms with van der Waals surface area (Å²) in [5.41, 5.74) is -0.584. The number of esters is 1. The van der Waals surface area contributed by atoms with Gasteiger partial charge in [-0.3, -0.25) is 14.4 Å². The highest BCUT2D eigenvalue weighted by molar-refractivity contribution is 9.09. The van der Waals surface area contributed by atoms with Crippen LogP contribution >= 0.6 is 15.9 Å². The van der Waals surface area contributed by atoms with E-state index in [0.717, 1.165) is 10.8 Å². The van der Waals surface area contributed by atoms with Gasteiger partial charge in [-0.2, -0.15) is 0 Å². The maximum atomic E-state index is 14.9. The highest BCUT2D eigenvalue weighted by Crippen LogP contribution is 2.61. The van der Waals surface area contributed by atoms with E-state index >= 15 is 0 Å². The Morgan fingerprint density at radius 3 is 2.63 bits per heavy atom. The highest BCUT2D eigenvalue weighted by atomic mass is 79.9. The number of amides is 2. The number of anilines is 1. The number of ether oxygens (including phenoxy) is 2. The number of likely N-dealkylation sites (tertiary alicyclic amines) is 1. The molecule has 0 radical (unpaired) electrons. The molecule has 1 spiro atoms. The molecule has 230 valence electrons. The second-order valence-corrected chi connectivity index (χ2v) is 13.4. The molecule has 5 rings (SSSR count). The van der Waals surface area contributed by atoms with Gasteiger partial charge in [-0.05, 0) is 54.5 Å². The molecule has 0 saturated carbocycles. The average molecular weight is 654 g/mol. The molecule has 2 bridgehead atoms. The summed E-state index contributed by atoms with van der Waals surface area (Å²) in [7, 11) is 0. The van der Waals surface area contributed by atoms with Gasteiger partial charge in [0, 0.05) is 17.1 Å². The Hall–Kier alpha value is -3.01. The number of unbranched alkanes of at least 4 members (excludes halogenated alkanes) is 1. The smallest absolute Gasteiger partial charge is 0.312 e. The first kappa shape index (κ1) is 31.4. The molecule has 3 heterocycles. The zero-order valence-corrected chi connectivity index (χ0v) is 26.4. The van der Waals surface area contributed by atoms with Gasteiger partial charge in [-0.1, -0.05) is 72.3 Å². The number of hydrogen-bond donors (Lipinski definition) is 1. The van der Waals surface area contributed by atoms with E-state index in [1.165, 1.54) is 4.90 Å². The van der Waals surface area contributed by atoms with Crippen LogP contribution in [0.5, 0.6) is 0 Å². The van der Waals surface area contributed by atoms with Crippen molar-refractivity contribution in [2.24, 2.45) is 17.8 Å². The quantitative estimate of drug-likeness (QED) is 0.141. The zero-order valence-electron chi connectivity index (χ0n) is 24.9. The monoisotopic (exact) mass is 652 g/mol. The van der Waals surface area contributed by atoms with Gasteiger partial charge in [-0.25, -0.2) is 0 Å². The number of fused-ring (bicyclic) bond motifs is 2. The summed E-state index contributed by atoms with van der Waals surface area (Å²) in [6.45, 7) is 11.7. The van der Waals surface area contributed by atoms with Gasteiger partial charge in [0.25, 0.3) is 5.91 Å². The van der Waals surface area contributed by atoms with Gasteiger partial charge >= 0.3 is 5.97 Å². The number of halogens is 1. The van der Waals surface area contributed by atoms with Crippen molar-refractivity contribution in [3.8, 4) is 0 Å². The second kappa shape index (κ2) is 12.9. The molecule has 3 aliphatic heterocycles. The number of allylic oxidation sites excluding steroid dienone is 1. The van der Waals surface area contributed by atoms with Gasteiger partial charge in [0.1, 0.15) is 11.6 Å². The third-order valence-electron chi connectivity index (χ3n) is 9.00. The SMILES string of the molecule is C=CCCCOC(=O)[C@H]1[C@H]2C(=O)N([C@@H](CO)CC(C)C)C(C(=O)N(CC=C)c3ccc4ccccc4c3)C23CC(Br)[C@@H]1O3. The number of alkyl halides is 1. The van der Waals surface area contributed by atoms with Crippen molar-refractivity contribution in [1.82, 2.24) is 4.90 Å². The normalized spacial score (nSPS) is 28.3. The molecule has 3 saturated heterocycles. The summed E-state index contributed by atoms with van der Waals surface area (Å²) >= 11 is 3.71. The number of hydrogen-bond acceptors (Lipinski definition) is 6. The van der Waals surface area contributed by atoms with Gasteiger partial charge in [0.2, 0.25) is 5.91 Å². The lowest BCUT2D eigenvalue weighted by atomic mass is 9.70. The van der Waals surface area contributed by atoms with Gasteiger partial charge in [0.15, 0.2) is 0 Å². The van der Waals surface area contributed by atoms with Crippen LogP contribution in [0, 0.1) is 17.8 Å². The number of nitrogens with zero attached hydrogens (tertiary/aromatic N) is 2. The molecule has 9 heteroatoms. The summed E-state index contributed by atoms with van der Waals surface area (Å²) in [4.78, 5) is 45.8. The standard InChI is InChI=1S/C34H41BrN2O6/c1-5-7-10-16-42-33(41)27-28-31(39)37(25(20-38)17-21(3)4)30(34(28)19-26(35)29(27)43-34)32(40)36(15-6-2)24-14-13-22-11-8-9-12-23(22)18-24/h5-6,8-9,11-14,18,21,25-30,38H,1-2,7,10,15-17,19-20H2,3-4H3/t25-,26?,27+,28+,29+,30?,34?/m1/s1. The Kier molecular flexibility index (Phi) is 9.44. The summed E-state index contributed by atoms with van der Waals surface area (Å²) in [5.74, 6) is -2.76. The third-order valence-corrected chi connectivity index (χ3v) is 9.84. The molecule has 3 aliphatic rings. The van der Waals surface area contributed by atoms with Crippen molar-refractivity contribution >= 4 is 50.2 Å². The first-order valence-corrected chi connectivity index (χ1v) is 16.0. The fraction of sp³-hybridized carbons (Fsp3) is 0.500. The van der Waals surface area contributed by atoms with Crippen molar-refractivity contribution in [3.63, 3.8) is 0 Å². The molecule has 7 atom stereocenters. The van der Waals surface area contributed by atoms with Crippen LogP contribution in [0.3, 0.4) is 0 Å². The van der Waals surface area contributed by atoms with Crippen LogP contribution in [-0.4, -0.2) is 76.2 Å². The van der Waals surface area contributed by atoms with E-state index in [1.807, 2.05) is 56.3 Å². The number of aliphatic hydroxyl groups excluding tert-OH is 1. The minimum Gasteiger partial charge on any atom is -0.465 e. The fourth-order valence-corrected chi connectivity index (χ4v) is 8.21. The summed E-state index contributed by atoms with van der Waals surface area (Å²) < 4.78 is 12.3. The molecule has 2 aromatic carbocycles. The zero-order chi connectivity index (χ0) is 30.9. The van der Waals surface area contributed by atoms with Crippen molar-refractivity contribution < 1.29 is 29.0 Å². The van der Waals surface area contributed by atoms with Crippen molar-refractivity contribution in [3.05, 3.63) is 67.8 Å². The lowest BCUT2D eigenvalue weighted by Gasteiger charge is -2.39. The Labute approximate surface area is 261 Å². The first-order valence-electron chi connectivity index (χ1n) is 15.1. The summed E-state index contributed by atoms with van der Waals surface area (Å²) in [6, 6.07) is 12.0. The molecule has 2 amide bonds. The van der Waals surface area contributed by atoms with Crippen LogP contribution in [0.1, 0.15) is 39.5 Å². The molecule has 3 fully saturated rings. The third kappa shape index (κ3) is 5.56. The minimum atomic E-state index is -1.25. The molecule has 3 unspecified atom stereocenters. The maximum absolute atomic E-state index is 14.9. The van der Waals surface area contributed by atoms with Crippen LogP contribution < -0.4 is 4.90 Å². The molecule has 2 aromatic rings. The molecule has 0 aliphatic carbocycles. The Bertz CT molecular complexity index is 1400. The molecule has 43 heavy (non-hydrogen) atoms. The van der Waals surface area contributed by atoms with E-state index < -0.39 is 41.6 Å². The van der Waals surface area contributed by atoms with E-state index in [0.29, 0.717) is 31.4 Å². The minimum absolute atomic E-state index is 0.148. The number of aliphatic hydroxyl groups is 1. The number of carbonyl (C=O) groups is 3. The first-order chi connectivity index (χ1) is 20.7. The Morgan fingerprint density at radius 1 is 1.21 bits per heavy atom. The molecule has 1 N–H and O–H groups in total. The van der Waals surface area contributed by atoms with Crippen LogP contribution in [0.25, 0.3) is 10.8 Å². The molecule has 8 nitrogen and oxygen atoms in total. The molecular weight excluding hydrogens is 612 g/mol. The summed E-state index contributed by atoms with van der Waals surface area (Å²) in [5, 5.41) is 12.6. The predicted molar refractivity (Wildman–Crippen MR) is 170 cm³/mol. The van der Waals surface area contributed by atoms with Gasteiger partial charge < -0.3 is 24.4 Å². The maximum Gasteiger partial charge on any atom is 0.312 e. The van der Waals surface area contributed by atoms with Crippen LogP contribution in [0.4, 0.5) is 5.69 Å². The van der Waals surface area contributed by atoms with Crippen molar-refractivity contribution in [2.75, 3.05) is 24.7 Å². The van der Waals surface area contributed by atoms with Gasteiger partial charge in [-0.15, -0.1) is 13.2 Å². The lowest BCUT2D eigenvalue weighted by Crippen LogP contribution is -2.59. The van der Waals surface area contributed by atoms with Crippen molar-refractivity contribution in [1.29, 1.82) is 0 Å². The largest absolute Gasteiger partial charge is 0.465 e. The van der Waals surface area contributed by atoms with Gasteiger partial charge in [0.05, 0.1) is 37.2 Å². The van der Waals surface area contributed by atoms with E-state index in [1.54, 1.807) is 17.1 Å². The second-order valence-electron chi connectivity index (χ2n) is 12.2. The summed E-state index contributed by atoms with van der Waals surface area (Å²) in [6.07, 6.45) is 5.02. The van der Waals surface area contributed by atoms with E-state index in [4.69, 9.17) is 9.47 Å². The molecular formula is C34H41BrN2O6. The van der Waals surface area contributed by atoms with Crippen LogP contribution in [-0.2, 0) is 23.9 Å². The number of rotatable bonds is 13.